The van der Waals surface area contributed by atoms with E-state index in [1.807, 2.05) is 12.1 Å². The lowest BCUT2D eigenvalue weighted by molar-refractivity contribution is 0.188. The van der Waals surface area contributed by atoms with Crippen LogP contribution in [0.2, 0.25) is 10.0 Å². The third kappa shape index (κ3) is 3.24. The Hall–Kier alpha value is -2.11. The number of benzene rings is 3. The van der Waals surface area contributed by atoms with E-state index in [9.17, 15) is 0 Å². The minimum Gasteiger partial charge on any atom is -0.371 e. The maximum Gasteiger partial charge on any atom is 0.126 e. The number of nitrogens with two attached hydrogens (primary N) is 1. The quantitative estimate of drug-likeness (QED) is 0.332. The second-order valence-electron chi connectivity index (χ2n) is 8.98. The van der Waals surface area contributed by atoms with Gasteiger partial charge in [-0.25, -0.2) is 4.98 Å². The molecule has 1 aromatic heterocycles. The number of aromatic nitrogens is 1. The molecular formula is C26H23Cl2N3S. The van der Waals surface area contributed by atoms with Crippen LogP contribution in [-0.2, 0) is 6.42 Å². The first-order chi connectivity index (χ1) is 15.5. The Labute approximate surface area is 201 Å². The highest BCUT2D eigenvalue weighted by Crippen LogP contribution is 2.51. The number of hydrogen-bond donors (Lipinski definition) is 1. The van der Waals surface area contributed by atoms with Crippen LogP contribution in [0.1, 0.15) is 30.0 Å². The van der Waals surface area contributed by atoms with Crippen molar-refractivity contribution in [3.63, 3.8) is 0 Å². The molecule has 2 heterocycles. The Morgan fingerprint density at radius 3 is 2.62 bits per heavy atom. The van der Waals surface area contributed by atoms with Crippen molar-refractivity contribution >= 4 is 50.4 Å². The molecule has 0 bridgehead atoms. The van der Waals surface area contributed by atoms with Gasteiger partial charge in [0.15, 0.2) is 0 Å². The zero-order chi connectivity index (χ0) is 21.9. The molecule has 32 heavy (non-hydrogen) atoms. The first-order valence-corrected chi connectivity index (χ1v) is 12.5. The summed E-state index contributed by atoms with van der Waals surface area (Å²) in [4.78, 5) is 7.36. The van der Waals surface area contributed by atoms with Gasteiger partial charge in [0.05, 0.1) is 20.3 Å². The first kappa shape index (κ1) is 20.5. The summed E-state index contributed by atoms with van der Waals surface area (Å²) >= 11 is 14.3. The van der Waals surface area contributed by atoms with E-state index >= 15 is 0 Å². The zero-order valence-corrected chi connectivity index (χ0v) is 19.9. The highest BCUT2D eigenvalue weighted by molar-refractivity contribution is 7.21. The van der Waals surface area contributed by atoms with Gasteiger partial charge in [0, 0.05) is 30.4 Å². The van der Waals surface area contributed by atoms with Crippen molar-refractivity contribution in [2.24, 2.45) is 11.1 Å². The standard InChI is InChI=1S/C26H23Cl2N3S/c27-20-7-3-6-19(23(20)28)25-30-21-14-17(8-9-22(21)32-25)31-12-10-26(11-13-31)15-16-4-1-2-5-18(16)24(26)29/h1-9,14,24H,10-13,15,29H2/t24-/m1/s1. The summed E-state index contributed by atoms with van der Waals surface area (Å²) < 4.78 is 1.15. The van der Waals surface area contributed by atoms with Gasteiger partial charge in [0.2, 0.25) is 0 Å². The van der Waals surface area contributed by atoms with Crippen molar-refractivity contribution in [3.05, 3.63) is 81.8 Å². The van der Waals surface area contributed by atoms with Crippen LogP contribution >= 0.6 is 34.5 Å². The Balaban J connectivity index is 1.24. The molecule has 6 heteroatoms. The topological polar surface area (TPSA) is 42.1 Å². The normalized spacial score (nSPS) is 19.6. The molecular weight excluding hydrogens is 457 g/mol. The second-order valence-corrected chi connectivity index (χ2v) is 10.8. The first-order valence-electron chi connectivity index (χ1n) is 11.0. The number of rotatable bonds is 2. The van der Waals surface area contributed by atoms with E-state index in [2.05, 4.69) is 47.4 Å². The molecule has 0 saturated carbocycles. The van der Waals surface area contributed by atoms with E-state index in [-0.39, 0.29) is 11.5 Å². The number of hydrogen-bond acceptors (Lipinski definition) is 4. The summed E-state index contributed by atoms with van der Waals surface area (Å²) in [5.41, 5.74) is 12.8. The predicted molar refractivity (Wildman–Crippen MR) is 136 cm³/mol. The summed E-state index contributed by atoms with van der Waals surface area (Å²) in [5.74, 6) is 0. The van der Waals surface area contributed by atoms with Gasteiger partial charge in [0.25, 0.3) is 0 Å². The van der Waals surface area contributed by atoms with Gasteiger partial charge in [-0.3, -0.25) is 0 Å². The Morgan fingerprint density at radius 1 is 1.00 bits per heavy atom. The number of anilines is 1. The molecule has 2 aliphatic rings. The van der Waals surface area contributed by atoms with Gasteiger partial charge in [-0.05, 0) is 60.1 Å². The fourth-order valence-corrected chi connectivity index (χ4v) is 6.84. The molecule has 1 aliphatic heterocycles. The average molecular weight is 480 g/mol. The molecule has 4 aromatic rings. The van der Waals surface area contributed by atoms with E-state index in [0.717, 1.165) is 53.1 Å². The van der Waals surface area contributed by atoms with Crippen LogP contribution in [0, 0.1) is 5.41 Å². The SMILES string of the molecule is N[C@@H]1c2ccccc2CC12CCN(c1ccc3sc(-c4cccc(Cl)c4Cl)nc3c1)CC2. The predicted octanol–water partition coefficient (Wildman–Crippen LogP) is 7.11. The highest BCUT2D eigenvalue weighted by Gasteiger charge is 2.45. The van der Waals surface area contributed by atoms with Crippen LogP contribution in [-0.4, -0.2) is 18.1 Å². The number of halogens is 2. The Morgan fingerprint density at radius 2 is 1.81 bits per heavy atom. The molecule has 1 atom stereocenters. The number of fused-ring (bicyclic) bond motifs is 2. The zero-order valence-electron chi connectivity index (χ0n) is 17.5. The summed E-state index contributed by atoms with van der Waals surface area (Å²) in [6.45, 7) is 2.04. The van der Waals surface area contributed by atoms with Crippen LogP contribution in [0.25, 0.3) is 20.8 Å². The Bertz CT molecular complexity index is 1320. The van der Waals surface area contributed by atoms with E-state index in [1.54, 1.807) is 17.4 Å². The molecule has 3 aromatic carbocycles. The number of piperidine rings is 1. The smallest absolute Gasteiger partial charge is 0.126 e. The lowest BCUT2D eigenvalue weighted by Gasteiger charge is -2.43. The van der Waals surface area contributed by atoms with Gasteiger partial charge in [-0.1, -0.05) is 59.6 Å². The largest absolute Gasteiger partial charge is 0.371 e. The molecule has 162 valence electrons. The van der Waals surface area contributed by atoms with Crippen LogP contribution in [0.3, 0.4) is 0 Å². The van der Waals surface area contributed by atoms with Crippen molar-refractivity contribution in [2.45, 2.75) is 25.3 Å². The van der Waals surface area contributed by atoms with Crippen molar-refractivity contribution in [2.75, 3.05) is 18.0 Å². The molecule has 1 saturated heterocycles. The molecule has 1 fully saturated rings. The van der Waals surface area contributed by atoms with E-state index in [4.69, 9.17) is 33.9 Å². The van der Waals surface area contributed by atoms with Gasteiger partial charge >= 0.3 is 0 Å². The van der Waals surface area contributed by atoms with Gasteiger partial charge in [-0.2, -0.15) is 0 Å². The van der Waals surface area contributed by atoms with Crippen LogP contribution in [0.5, 0.6) is 0 Å². The monoisotopic (exact) mass is 479 g/mol. The summed E-state index contributed by atoms with van der Waals surface area (Å²) in [5, 5.41) is 2.01. The van der Waals surface area contributed by atoms with Crippen LogP contribution in [0.4, 0.5) is 5.69 Å². The van der Waals surface area contributed by atoms with E-state index < -0.39 is 0 Å². The summed E-state index contributed by atoms with van der Waals surface area (Å²) in [6, 6.07) is 21.1. The number of nitrogens with zero attached hydrogens (tertiary/aromatic N) is 2. The third-order valence-electron chi connectivity index (χ3n) is 7.27. The fraction of sp³-hybridized carbons (Fsp3) is 0.269. The summed E-state index contributed by atoms with van der Waals surface area (Å²) in [7, 11) is 0. The molecule has 0 radical (unpaired) electrons. The van der Waals surface area contributed by atoms with Crippen molar-refractivity contribution in [1.82, 2.24) is 4.98 Å². The van der Waals surface area contributed by atoms with Crippen molar-refractivity contribution in [3.8, 4) is 10.6 Å². The molecule has 3 nitrogen and oxygen atoms in total. The lowest BCUT2D eigenvalue weighted by Crippen LogP contribution is -2.44. The minimum atomic E-state index is 0.145. The van der Waals surface area contributed by atoms with Crippen molar-refractivity contribution < 1.29 is 0 Å². The Kier molecular flexibility index (Phi) is 4.96. The van der Waals surface area contributed by atoms with Crippen LogP contribution in [0.15, 0.2) is 60.7 Å². The van der Waals surface area contributed by atoms with Crippen molar-refractivity contribution in [1.29, 1.82) is 0 Å². The molecule has 1 spiro atoms. The molecule has 0 amide bonds. The average Bonchev–Trinajstić information content (AvgIpc) is 3.35. The maximum atomic E-state index is 6.75. The van der Waals surface area contributed by atoms with Crippen LogP contribution < -0.4 is 10.6 Å². The van der Waals surface area contributed by atoms with E-state index in [0.29, 0.717) is 10.0 Å². The molecule has 1 aliphatic carbocycles. The molecule has 6 rings (SSSR count). The number of thiazole rings is 1. The summed E-state index contributed by atoms with van der Waals surface area (Å²) in [6.07, 6.45) is 3.33. The minimum absolute atomic E-state index is 0.145. The van der Waals surface area contributed by atoms with Gasteiger partial charge in [-0.15, -0.1) is 11.3 Å². The third-order valence-corrected chi connectivity index (χ3v) is 9.16. The lowest BCUT2D eigenvalue weighted by atomic mass is 9.73. The van der Waals surface area contributed by atoms with Gasteiger partial charge in [0.1, 0.15) is 5.01 Å². The molecule has 2 N–H and O–H groups in total. The van der Waals surface area contributed by atoms with Gasteiger partial charge < -0.3 is 10.6 Å². The maximum absolute atomic E-state index is 6.75. The van der Waals surface area contributed by atoms with E-state index in [1.165, 1.54) is 16.8 Å². The second kappa shape index (κ2) is 7.74. The highest BCUT2D eigenvalue weighted by atomic mass is 35.5. The fourth-order valence-electron chi connectivity index (χ4n) is 5.41. The molecule has 0 unspecified atom stereocenters.